The van der Waals surface area contributed by atoms with Gasteiger partial charge in [0.15, 0.2) is 9.76 Å². The van der Waals surface area contributed by atoms with Crippen molar-refractivity contribution in [2.24, 2.45) is 0 Å². The lowest BCUT2D eigenvalue weighted by atomic mass is 9.98. The van der Waals surface area contributed by atoms with Crippen molar-refractivity contribution < 1.29 is 4.43 Å². The lowest BCUT2D eigenvalue weighted by Crippen LogP contribution is -2.25. The predicted octanol–water partition coefficient (Wildman–Crippen LogP) is 1.74. The number of hydrogen-bond donors (Lipinski definition) is 0. The molecule has 0 spiro atoms. The number of benzene rings is 1. The smallest absolute Gasteiger partial charge is 0.192 e. The molecule has 0 atom stereocenters. The van der Waals surface area contributed by atoms with E-state index in [2.05, 4.69) is 30.3 Å². The van der Waals surface area contributed by atoms with Crippen LogP contribution in [-0.4, -0.2) is 15.9 Å². The first-order valence-corrected chi connectivity index (χ1v) is 6.89. The molecule has 2 heteroatoms. The van der Waals surface area contributed by atoms with Crippen molar-refractivity contribution in [2.45, 2.75) is 38.2 Å². The highest BCUT2D eigenvalue weighted by atomic mass is 28.2. The minimum absolute atomic E-state index is 0.456. The van der Waals surface area contributed by atoms with Gasteiger partial charge in [-0.3, -0.25) is 0 Å². The summed E-state index contributed by atoms with van der Waals surface area (Å²) in [5.41, 5.74) is 0. The molecule has 1 aliphatic rings. The Balaban J connectivity index is 1.76. The molecule has 14 heavy (non-hydrogen) atoms. The molecule has 0 aromatic heterocycles. The molecular formula is C12H18OSi. The van der Waals surface area contributed by atoms with Crippen LogP contribution >= 0.6 is 0 Å². The van der Waals surface area contributed by atoms with Crippen LogP contribution in [0.25, 0.3) is 0 Å². The van der Waals surface area contributed by atoms with Gasteiger partial charge >= 0.3 is 0 Å². The zero-order chi connectivity index (χ0) is 9.64. The minimum atomic E-state index is -0.456. The second kappa shape index (κ2) is 5.32. The Morgan fingerprint density at radius 2 is 1.71 bits per heavy atom. The molecular weight excluding hydrogens is 188 g/mol. The Morgan fingerprint density at radius 1 is 1.00 bits per heavy atom. The third-order valence-electron chi connectivity index (χ3n) is 2.88. The second-order valence-electron chi connectivity index (χ2n) is 4.06. The van der Waals surface area contributed by atoms with Gasteiger partial charge in [-0.25, -0.2) is 0 Å². The van der Waals surface area contributed by atoms with E-state index in [1.165, 1.54) is 37.3 Å². The van der Waals surface area contributed by atoms with Gasteiger partial charge in [0.05, 0.1) is 0 Å². The molecule has 76 valence electrons. The van der Waals surface area contributed by atoms with Gasteiger partial charge in [0.2, 0.25) is 0 Å². The second-order valence-corrected chi connectivity index (χ2v) is 5.50. The first-order chi connectivity index (χ1) is 6.95. The third-order valence-corrected chi connectivity index (χ3v) is 4.32. The van der Waals surface area contributed by atoms with Crippen LogP contribution < -0.4 is 5.19 Å². The van der Waals surface area contributed by atoms with Crippen molar-refractivity contribution in [3.8, 4) is 0 Å². The summed E-state index contributed by atoms with van der Waals surface area (Å²) >= 11 is 0. The molecule has 1 aromatic carbocycles. The van der Waals surface area contributed by atoms with Gasteiger partial charge in [0, 0.05) is 6.10 Å². The zero-order valence-electron chi connectivity index (χ0n) is 8.61. The minimum Gasteiger partial charge on any atom is -0.416 e. The maximum Gasteiger partial charge on any atom is 0.192 e. The van der Waals surface area contributed by atoms with Crippen molar-refractivity contribution in [1.82, 2.24) is 0 Å². The van der Waals surface area contributed by atoms with E-state index in [1.54, 1.807) is 0 Å². The van der Waals surface area contributed by atoms with Crippen LogP contribution in [-0.2, 0) is 4.43 Å². The fourth-order valence-corrected chi connectivity index (χ4v) is 3.25. The van der Waals surface area contributed by atoms with Gasteiger partial charge in [-0.1, -0.05) is 49.6 Å². The molecule has 0 amide bonds. The molecule has 0 N–H and O–H groups in total. The summed E-state index contributed by atoms with van der Waals surface area (Å²) in [4.78, 5) is 0. The highest BCUT2D eigenvalue weighted by Gasteiger charge is 2.12. The average Bonchev–Trinajstić information content (AvgIpc) is 2.29. The van der Waals surface area contributed by atoms with Crippen molar-refractivity contribution in [1.29, 1.82) is 0 Å². The SMILES string of the molecule is c1ccc([SiH2]OC2CCCCC2)cc1. The number of rotatable bonds is 3. The molecule has 1 aliphatic carbocycles. The normalized spacial score (nSPS) is 19.1. The van der Waals surface area contributed by atoms with Gasteiger partial charge in [0.1, 0.15) is 0 Å². The van der Waals surface area contributed by atoms with Gasteiger partial charge < -0.3 is 4.43 Å². The Hall–Kier alpha value is -0.603. The van der Waals surface area contributed by atoms with Crippen LogP contribution in [0, 0.1) is 0 Å². The van der Waals surface area contributed by atoms with E-state index in [0.29, 0.717) is 6.10 Å². The number of hydrogen-bond acceptors (Lipinski definition) is 1. The van der Waals surface area contributed by atoms with E-state index in [0.717, 1.165) is 0 Å². The maximum absolute atomic E-state index is 6.01. The van der Waals surface area contributed by atoms with Crippen molar-refractivity contribution in [3.63, 3.8) is 0 Å². The summed E-state index contributed by atoms with van der Waals surface area (Å²) < 4.78 is 6.01. The fourth-order valence-electron chi connectivity index (χ4n) is 2.02. The highest BCUT2D eigenvalue weighted by molar-refractivity contribution is 6.46. The fraction of sp³-hybridized carbons (Fsp3) is 0.500. The molecule has 0 aliphatic heterocycles. The van der Waals surface area contributed by atoms with E-state index in [4.69, 9.17) is 4.43 Å². The van der Waals surface area contributed by atoms with E-state index >= 15 is 0 Å². The molecule has 0 bridgehead atoms. The lowest BCUT2D eigenvalue weighted by molar-refractivity contribution is 0.165. The highest BCUT2D eigenvalue weighted by Crippen LogP contribution is 2.19. The quantitative estimate of drug-likeness (QED) is 0.685. The maximum atomic E-state index is 6.01. The topological polar surface area (TPSA) is 9.23 Å². The summed E-state index contributed by atoms with van der Waals surface area (Å²) in [6.45, 7) is 0. The third kappa shape index (κ3) is 2.96. The van der Waals surface area contributed by atoms with Gasteiger partial charge in [0.25, 0.3) is 0 Å². The first kappa shape index (κ1) is 9.93. The Morgan fingerprint density at radius 3 is 2.43 bits per heavy atom. The summed E-state index contributed by atoms with van der Waals surface area (Å²) in [5.74, 6) is 0. The van der Waals surface area contributed by atoms with E-state index in [1.807, 2.05) is 0 Å². The first-order valence-electron chi connectivity index (χ1n) is 5.61. The molecule has 1 fully saturated rings. The summed E-state index contributed by atoms with van der Waals surface area (Å²) in [5, 5.41) is 1.43. The Kier molecular flexibility index (Phi) is 3.77. The monoisotopic (exact) mass is 206 g/mol. The molecule has 0 heterocycles. The Bertz CT molecular complexity index is 254. The summed E-state index contributed by atoms with van der Waals surface area (Å²) in [7, 11) is -0.456. The molecule has 0 unspecified atom stereocenters. The van der Waals surface area contributed by atoms with Crippen LogP contribution in [0.1, 0.15) is 32.1 Å². The largest absolute Gasteiger partial charge is 0.416 e. The lowest BCUT2D eigenvalue weighted by Gasteiger charge is -2.22. The van der Waals surface area contributed by atoms with Crippen LogP contribution in [0.2, 0.25) is 0 Å². The summed E-state index contributed by atoms with van der Waals surface area (Å²) in [6, 6.07) is 10.7. The van der Waals surface area contributed by atoms with Crippen LogP contribution in [0.3, 0.4) is 0 Å². The van der Waals surface area contributed by atoms with Crippen molar-refractivity contribution in [2.75, 3.05) is 0 Å². The van der Waals surface area contributed by atoms with E-state index in [9.17, 15) is 0 Å². The van der Waals surface area contributed by atoms with Crippen molar-refractivity contribution in [3.05, 3.63) is 30.3 Å². The molecule has 0 saturated heterocycles. The Labute approximate surface area is 88.4 Å². The molecule has 1 aromatic rings. The zero-order valence-corrected chi connectivity index (χ0v) is 10.0. The van der Waals surface area contributed by atoms with E-state index in [-0.39, 0.29) is 0 Å². The average molecular weight is 206 g/mol. The summed E-state index contributed by atoms with van der Waals surface area (Å²) in [6.07, 6.45) is 7.31. The van der Waals surface area contributed by atoms with Gasteiger partial charge in [-0.15, -0.1) is 0 Å². The predicted molar refractivity (Wildman–Crippen MR) is 62.6 cm³/mol. The van der Waals surface area contributed by atoms with Gasteiger partial charge in [-0.05, 0) is 18.0 Å². The van der Waals surface area contributed by atoms with Crippen LogP contribution in [0.15, 0.2) is 30.3 Å². The van der Waals surface area contributed by atoms with Gasteiger partial charge in [-0.2, -0.15) is 0 Å². The standard InChI is InChI=1S/C12H18OSi/c1-3-7-11(8-4-1)13-14-12-9-5-2-6-10-12/h2,5-6,9-11H,1,3-4,7-8,14H2. The van der Waals surface area contributed by atoms with Crippen LogP contribution in [0.5, 0.6) is 0 Å². The molecule has 1 saturated carbocycles. The van der Waals surface area contributed by atoms with E-state index < -0.39 is 9.76 Å². The van der Waals surface area contributed by atoms with Crippen molar-refractivity contribution >= 4 is 14.9 Å². The molecule has 2 rings (SSSR count). The molecule has 1 nitrogen and oxygen atoms in total. The molecule has 0 radical (unpaired) electrons. The van der Waals surface area contributed by atoms with Crippen LogP contribution in [0.4, 0.5) is 0 Å².